The van der Waals surface area contributed by atoms with Gasteiger partial charge in [0.15, 0.2) is 0 Å². The molecule has 2 heteroatoms. The lowest BCUT2D eigenvalue weighted by Crippen LogP contribution is -2.28. The van der Waals surface area contributed by atoms with Gasteiger partial charge in [-0.3, -0.25) is 0 Å². The SMILES string of the molecule is c1cc(P(C2CCCCC2)C2CCCCC2)ccc1P(C1CCCCC1)C1CCCCC1. The highest BCUT2D eigenvalue weighted by molar-refractivity contribution is 7.67. The van der Waals surface area contributed by atoms with Gasteiger partial charge in [-0.05, 0) is 84.6 Å². The monoisotopic (exact) mass is 470 g/mol. The van der Waals surface area contributed by atoms with Crippen LogP contribution in [0.15, 0.2) is 24.3 Å². The molecule has 0 aliphatic heterocycles. The van der Waals surface area contributed by atoms with Crippen LogP contribution >= 0.6 is 15.8 Å². The second-order valence-corrected chi connectivity index (χ2v) is 17.1. The van der Waals surface area contributed by atoms with Crippen molar-refractivity contribution in [2.24, 2.45) is 0 Å². The summed E-state index contributed by atoms with van der Waals surface area (Å²) in [4.78, 5) is 0. The minimum Gasteiger partial charge on any atom is -0.0690 e. The molecular weight excluding hydrogens is 422 g/mol. The van der Waals surface area contributed by atoms with Crippen LogP contribution in [0.1, 0.15) is 128 Å². The highest BCUT2D eigenvalue weighted by Gasteiger charge is 2.34. The Kier molecular flexibility index (Phi) is 9.05. The first kappa shape index (κ1) is 23.8. The fourth-order valence-corrected chi connectivity index (χ4v) is 15.2. The zero-order valence-corrected chi connectivity index (χ0v) is 22.4. The van der Waals surface area contributed by atoms with Crippen molar-refractivity contribution in [3.05, 3.63) is 24.3 Å². The largest absolute Gasteiger partial charge is 0.0690 e. The molecule has 0 unspecified atom stereocenters. The Hall–Kier alpha value is 0.0800. The molecule has 0 atom stereocenters. The van der Waals surface area contributed by atoms with E-state index in [1.165, 1.54) is 128 Å². The van der Waals surface area contributed by atoms with Gasteiger partial charge in [0, 0.05) is 0 Å². The molecule has 1 aromatic carbocycles. The fraction of sp³-hybridized carbons (Fsp3) is 0.800. The third-order valence-corrected chi connectivity index (χ3v) is 16.3. The summed E-state index contributed by atoms with van der Waals surface area (Å²) in [6.45, 7) is 0. The lowest BCUT2D eigenvalue weighted by Gasteiger charge is -2.40. The highest BCUT2D eigenvalue weighted by Crippen LogP contribution is 2.57. The molecule has 32 heavy (non-hydrogen) atoms. The summed E-state index contributed by atoms with van der Waals surface area (Å²) in [5.74, 6) is 0. The molecule has 0 radical (unpaired) electrons. The molecule has 4 aliphatic carbocycles. The Bertz CT molecular complexity index is 564. The van der Waals surface area contributed by atoms with Crippen LogP contribution in [-0.2, 0) is 0 Å². The maximum atomic E-state index is 2.69. The molecule has 1 aromatic rings. The average Bonchev–Trinajstić information content (AvgIpc) is 2.88. The predicted octanol–water partition coefficient (Wildman–Crippen LogP) is 9.23. The van der Waals surface area contributed by atoms with E-state index in [0.29, 0.717) is 0 Å². The molecule has 178 valence electrons. The van der Waals surface area contributed by atoms with E-state index >= 15 is 0 Å². The Morgan fingerprint density at radius 1 is 0.344 bits per heavy atom. The molecule has 4 aliphatic rings. The van der Waals surface area contributed by atoms with Gasteiger partial charge in [-0.25, -0.2) is 0 Å². The first-order valence-electron chi connectivity index (χ1n) is 14.6. The maximum Gasteiger partial charge on any atom is -0.0166 e. The summed E-state index contributed by atoms with van der Waals surface area (Å²) < 4.78 is 0. The topological polar surface area (TPSA) is 0 Å². The molecule has 4 fully saturated rings. The van der Waals surface area contributed by atoms with Crippen molar-refractivity contribution in [2.45, 2.75) is 151 Å². The summed E-state index contributed by atoms with van der Waals surface area (Å²) in [6.07, 6.45) is 30.2. The van der Waals surface area contributed by atoms with Crippen molar-refractivity contribution in [2.75, 3.05) is 0 Å². The van der Waals surface area contributed by atoms with E-state index in [1.807, 2.05) is 0 Å². The van der Waals surface area contributed by atoms with Gasteiger partial charge in [0.25, 0.3) is 0 Å². The van der Waals surface area contributed by atoms with Crippen LogP contribution in [0.3, 0.4) is 0 Å². The summed E-state index contributed by atoms with van der Waals surface area (Å²) in [5.41, 5.74) is 4.13. The van der Waals surface area contributed by atoms with Gasteiger partial charge in [-0.15, -0.1) is 0 Å². The smallest absolute Gasteiger partial charge is 0.0166 e. The minimum atomic E-state index is 0.0545. The van der Waals surface area contributed by atoms with Gasteiger partial charge in [-0.2, -0.15) is 0 Å². The summed E-state index contributed by atoms with van der Waals surface area (Å²) >= 11 is 0. The van der Waals surface area contributed by atoms with Crippen molar-refractivity contribution < 1.29 is 0 Å². The quantitative estimate of drug-likeness (QED) is 0.363. The molecule has 0 nitrogen and oxygen atoms in total. The molecule has 0 saturated heterocycles. The lowest BCUT2D eigenvalue weighted by molar-refractivity contribution is 0.487. The van der Waals surface area contributed by atoms with E-state index in [4.69, 9.17) is 0 Å². The summed E-state index contributed by atoms with van der Waals surface area (Å²) in [6, 6.07) is 10.7. The fourth-order valence-electron chi connectivity index (χ4n) is 7.67. The van der Waals surface area contributed by atoms with Gasteiger partial charge in [0.1, 0.15) is 0 Å². The average molecular weight is 471 g/mol. The molecule has 0 N–H and O–H groups in total. The normalized spacial score (nSPS) is 25.6. The summed E-state index contributed by atoms with van der Waals surface area (Å²) in [5, 5.41) is 3.59. The minimum absolute atomic E-state index is 0.0545. The van der Waals surface area contributed by atoms with Gasteiger partial charge in [-0.1, -0.05) is 117 Å². The van der Waals surface area contributed by atoms with E-state index in [0.717, 1.165) is 22.6 Å². The van der Waals surface area contributed by atoms with Crippen LogP contribution in [-0.4, -0.2) is 22.6 Å². The van der Waals surface area contributed by atoms with Crippen LogP contribution in [0.4, 0.5) is 0 Å². The molecule has 0 amide bonds. The van der Waals surface area contributed by atoms with Crippen LogP contribution in [0, 0.1) is 0 Å². The standard InChI is InChI=1S/C30H48P2/c1-5-13-25(14-6-1)31(26-15-7-2-8-16-26)29-21-23-30(24-22-29)32(27-17-9-3-10-18-27)28-19-11-4-12-20-28/h21-28H,1-20H2. The number of benzene rings is 1. The first-order valence-corrected chi connectivity index (χ1v) is 17.5. The Morgan fingerprint density at radius 2 is 0.562 bits per heavy atom. The molecule has 0 heterocycles. The van der Waals surface area contributed by atoms with Crippen LogP contribution in [0.5, 0.6) is 0 Å². The maximum absolute atomic E-state index is 2.69. The molecule has 4 saturated carbocycles. The molecule has 0 bridgehead atoms. The zero-order chi connectivity index (χ0) is 21.6. The van der Waals surface area contributed by atoms with E-state index in [2.05, 4.69) is 24.3 Å². The summed E-state index contributed by atoms with van der Waals surface area (Å²) in [7, 11) is 0.109. The van der Waals surface area contributed by atoms with E-state index in [9.17, 15) is 0 Å². The molecular formula is C30H48P2. The van der Waals surface area contributed by atoms with Crippen LogP contribution in [0.25, 0.3) is 0 Å². The third kappa shape index (κ3) is 5.83. The number of hydrogen-bond donors (Lipinski definition) is 0. The van der Waals surface area contributed by atoms with Crippen LogP contribution in [0.2, 0.25) is 0 Å². The first-order chi connectivity index (χ1) is 15.9. The van der Waals surface area contributed by atoms with E-state index < -0.39 is 0 Å². The second kappa shape index (κ2) is 12.2. The lowest BCUT2D eigenvalue weighted by atomic mass is 9.99. The predicted molar refractivity (Wildman–Crippen MR) is 147 cm³/mol. The van der Waals surface area contributed by atoms with Gasteiger partial charge < -0.3 is 0 Å². The van der Waals surface area contributed by atoms with Gasteiger partial charge >= 0.3 is 0 Å². The molecule has 5 rings (SSSR count). The molecule has 0 spiro atoms. The van der Waals surface area contributed by atoms with Gasteiger partial charge in [0.2, 0.25) is 0 Å². The van der Waals surface area contributed by atoms with Crippen molar-refractivity contribution >= 4 is 26.5 Å². The Balaban J connectivity index is 1.38. The Labute approximate surface area is 201 Å². The highest BCUT2D eigenvalue weighted by atomic mass is 31.1. The van der Waals surface area contributed by atoms with E-state index in [-0.39, 0.29) is 15.8 Å². The second-order valence-electron chi connectivity index (χ2n) is 11.5. The van der Waals surface area contributed by atoms with Crippen molar-refractivity contribution in [3.8, 4) is 0 Å². The van der Waals surface area contributed by atoms with Crippen molar-refractivity contribution in [1.29, 1.82) is 0 Å². The van der Waals surface area contributed by atoms with Crippen molar-refractivity contribution in [3.63, 3.8) is 0 Å². The number of rotatable bonds is 6. The molecule has 0 aromatic heterocycles. The van der Waals surface area contributed by atoms with Crippen LogP contribution < -0.4 is 10.6 Å². The van der Waals surface area contributed by atoms with Gasteiger partial charge in [0.05, 0.1) is 0 Å². The van der Waals surface area contributed by atoms with Crippen molar-refractivity contribution in [1.82, 2.24) is 0 Å². The number of hydrogen-bond acceptors (Lipinski definition) is 0. The Morgan fingerprint density at radius 3 is 0.781 bits per heavy atom. The van der Waals surface area contributed by atoms with E-state index in [1.54, 1.807) is 10.6 Å². The third-order valence-electron chi connectivity index (χ3n) is 9.32. The zero-order valence-electron chi connectivity index (χ0n) is 20.7.